The molecule has 10 heteroatoms. The van der Waals surface area contributed by atoms with E-state index in [0.29, 0.717) is 12.1 Å². The van der Waals surface area contributed by atoms with Crippen LogP contribution in [0.5, 0.6) is 0 Å². The van der Waals surface area contributed by atoms with E-state index >= 15 is 0 Å². The molecule has 0 aliphatic heterocycles. The van der Waals surface area contributed by atoms with Gasteiger partial charge in [-0.15, -0.1) is 11.3 Å². The van der Waals surface area contributed by atoms with Crippen LogP contribution in [0.4, 0.5) is 24.8 Å². The molecule has 2 aromatic heterocycles. The maximum atomic E-state index is 13.0. The van der Waals surface area contributed by atoms with E-state index in [1.165, 1.54) is 0 Å². The molecule has 2 heterocycles. The highest BCUT2D eigenvalue weighted by molar-refractivity contribution is 7.15. The molecule has 3 aromatic rings. The van der Waals surface area contributed by atoms with Crippen LogP contribution in [0.3, 0.4) is 0 Å². The highest BCUT2D eigenvalue weighted by Gasteiger charge is 2.42. The molecule has 0 radical (unpaired) electrons. The first-order chi connectivity index (χ1) is 15.9. The minimum atomic E-state index is -4.55. The summed E-state index contributed by atoms with van der Waals surface area (Å²) in [6.45, 7) is 5.90. The molecule has 180 valence electrons. The highest BCUT2D eigenvalue weighted by atomic mass is 32.1. The summed E-state index contributed by atoms with van der Waals surface area (Å²) in [6.07, 6.45) is 0.484. The molecule has 2 atom stereocenters. The van der Waals surface area contributed by atoms with Crippen molar-refractivity contribution in [1.82, 2.24) is 15.0 Å². The molecule has 0 saturated heterocycles. The van der Waals surface area contributed by atoms with Crippen molar-refractivity contribution in [3.05, 3.63) is 52.9 Å². The Morgan fingerprint density at radius 3 is 2.65 bits per heavy atom. The van der Waals surface area contributed by atoms with Crippen molar-refractivity contribution in [2.24, 2.45) is 11.3 Å². The molecular formula is C24H25F3N4O2S. The first-order valence-electron chi connectivity index (χ1n) is 10.9. The average molecular weight is 491 g/mol. The van der Waals surface area contributed by atoms with Gasteiger partial charge in [-0.3, -0.25) is 4.79 Å². The van der Waals surface area contributed by atoms with Crippen LogP contribution in [-0.4, -0.2) is 26.0 Å². The third kappa shape index (κ3) is 5.22. The Morgan fingerprint density at radius 1 is 1.21 bits per heavy atom. The van der Waals surface area contributed by atoms with Crippen LogP contribution in [0, 0.1) is 18.3 Å². The number of anilines is 2. The SMILES string of the molecule is Cc1cc(Nc2nccc(C(F)(F)F)n2)cc(-c2cnc([C@@H]3CCC(C(=O)O)C(C)(C)C3)s2)c1. The van der Waals surface area contributed by atoms with Crippen molar-refractivity contribution < 1.29 is 23.1 Å². The molecule has 34 heavy (non-hydrogen) atoms. The Labute approximate surface area is 199 Å². The predicted molar refractivity (Wildman–Crippen MR) is 124 cm³/mol. The number of carboxylic acid groups (broad SMARTS) is 1. The summed E-state index contributed by atoms with van der Waals surface area (Å²) in [5.41, 5.74) is 1.06. The van der Waals surface area contributed by atoms with E-state index in [9.17, 15) is 23.1 Å². The molecule has 4 rings (SSSR count). The molecule has 1 aliphatic carbocycles. The third-order valence-corrected chi connectivity index (χ3v) is 7.46. The third-order valence-electron chi connectivity index (χ3n) is 6.25. The van der Waals surface area contributed by atoms with Gasteiger partial charge >= 0.3 is 12.1 Å². The first kappa shape index (κ1) is 24.1. The Bertz CT molecular complexity index is 1210. The summed E-state index contributed by atoms with van der Waals surface area (Å²) in [5.74, 6) is -1.03. The summed E-state index contributed by atoms with van der Waals surface area (Å²) in [5, 5.41) is 13.4. The topological polar surface area (TPSA) is 88.0 Å². The summed E-state index contributed by atoms with van der Waals surface area (Å²) in [7, 11) is 0. The van der Waals surface area contributed by atoms with Crippen LogP contribution in [-0.2, 0) is 11.0 Å². The van der Waals surface area contributed by atoms with Crippen molar-refractivity contribution >= 4 is 28.9 Å². The fourth-order valence-electron chi connectivity index (χ4n) is 4.62. The quantitative estimate of drug-likeness (QED) is 0.416. The summed E-state index contributed by atoms with van der Waals surface area (Å²) < 4.78 is 38.9. The minimum absolute atomic E-state index is 0.131. The molecule has 6 nitrogen and oxygen atoms in total. The summed E-state index contributed by atoms with van der Waals surface area (Å²) in [4.78, 5) is 24.6. The van der Waals surface area contributed by atoms with E-state index in [-0.39, 0.29) is 23.2 Å². The van der Waals surface area contributed by atoms with E-state index < -0.39 is 17.8 Å². The van der Waals surface area contributed by atoms with Gasteiger partial charge in [0.15, 0.2) is 0 Å². The van der Waals surface area contributed by atoms with E-state index in [1.807, 2.05) is 39.0 Å². The first-order valence-corrected chi connectivity index (χ1v) is 11.7. The number of hydrogen-bond acceptors (Lipinski definition) is 6. The molecule has 2 N–H and O–H groups in total. The van der Waals surface area contributed by atoms with Crippen molar-refractivity contribution in [2.75, 3.05) is 5.32 Å². The van der Waals surface area contributed by atoms with Crippen LogP contribution in [0.1, 0.15) is 55.3 Å². The standard InChI is InChI=1S/C24H25F3N4O2S/c1-13-8-15(10-16(9-13)30-22-28-7-6-19(31-22)24(25,26)27)18-12-29-20(34-18)14-4-5-17(21(32)33)23(2,3)11-14/h6-10,12,14,17H,4-5,11H2,1-3H3,(H,32,33)(H,28,30,31)/t14-,17?/m1/s1. The summed E-state index contributed by atoms with van der Waals surface area (Å²) in [6, 6.07) is 6.46. The lowest BCUT2D eigenvalue weighted by Gasteiger charge is -2.39. The fourth-order valence-corrected chi connectivity index (χ4v) is 5.66. The zero-order valence-corrected chi connectivity index (χ0v) is 19.8. The van der Waals surface area contributed by atoms with Crippen molar-refractivity contribution in [3.63, 3.8) is 0 Å². The van der Waals surface area contributed by atoms with Crippen molar-refractivity contribution in [2.45, 2.75) is 52.1 Å². The second-order valence-electron chi connectivity index (χ2n) is 9.40. The maximum Gasteiger partial charge on any atom is 0.433 e. The molecule has 1 fully saturated rings. The van der Waals surface area contributed by atoms with Gasteiger partial charge in [0.2, 0.25) is 5.95 Å². The molecule has 1 unspecified atom stereocenters. The van der Waals surface area contributed by atoms with Crippen molar-refractivity contribution in [1.29, 1.82) is 0 Å². The van der Waals surface area contributed by atoms with E-state index in [0.717, 1.165) is 46.1 Å². The molecule has 1 aromatic carbocycles. The number of benzene rings is 1. The number of aliphatic carboxylic acids is 1. The van der Waals surface area contributed by atoms with Gasteiger partial charge in [-0.05, 0) is 60.9 Å². The maximum absolute atomic E-state index is 13.0. The molecule has 1 saturated carbocycles. The predicted octanol–water partition coefficient (Wildman–Crippen LogP) is 6.67. The number of aryl methyl sites for hydroxylation is 1. The van der Waals surface area contributed by atoms with E-state index in [1.54, 1.807) is 17.5 Å². The number of thiazole rings is 1. The van der Waals surface area contributed by atoms with Gasteiger partial charge < -0.3 is 10.4 Å². The van der Waals surface area contributed by atoms with Gasteiger partial charge in [-0.1, -0.05) is 19.9 Å². The van der Waals surface area contributed by atoms with Gasteiger partial charge in [-0.2, -0.15) is 13.2 Å². The van der Waals surface area contributed by atoms with E-state index in [4.69, 9.17) is 0 Å². The number of carbonyl (C=O) groups is 1. The zero-order chi connectivity index (χ0) is 24.7. The van der Waals surface area contributed by atoms with Crippen LogP contribution < -0.4 is 5.32 Å². The number of halogens is 3. The number of carboxylic acids is 1. The number of nitrogens with one attached hydrogen (secondary N) is 1. The highest BCUT2D eigenvalue weighted by Crippen LogP contribution is 2.48. The number of rotatable bonds is 5. The average Bonchev–Trinajstić information content (AvgIpc) is 3.22. The molecule has 0 amide bonds. The Morgan fingerprint density at radius 2 is 1.97 bits per heavy atom. The van der Waals surface area contributed by atoms with Crippen LogP contribution in [0.25, 0.3) is 10.4 Å². The van der Waals surface area contributed by atoms with Gasteiger partial charge in [0.25, 0.3) is 0 Å². The lowest BCUT2D eigenvalue weighted by atomic mass is 9.65. The number of alkyl halides is 3. The monoisotopic (exact) mass is 490 g/mol. The van der Waals surface area contributed by atoms with Crippen LogP contribution >= 0.6 is 11.3 Å². The Hall–Kier alpha value is -3.01. The zero-order valence-electron chi connectivity index (χ0n) is 19.0. The lowest BCUT2D eigenvalue weighted by molar-refractivity contribution is -0.148. The number of nitrogens with zero attached hydrogens (tertiary/aromatic N) is 3. The molecular weight excluding hydrogens is 465 g/mol. The van der Waals surface area contributed by atoms with Gasteiger partial charge in [0, 0.05) is 24.0 Å². The lowest BCUT2D eigenvalue weighted by Crippen LogP contribution is -2.36. The largest absolute Gasteiger partial charge is 0.481 e. The second-order valence-corrected chi connectivity index (χ2v) is 10.5. The van der Waals surface area contributed by atoms with Crippen LogP contribution in [0.2, 0.25) is 0 Å². The van der Waals surface area contributed by atoms with Gasteiger partial charge in [0.05, 0.1) is 15.8 Å². The van der Waals surface area contributed by atoms with Gasteiger partial charge in [-0.25, -0.2) is 15.0 Å². The Kier molecular flexibility index (Phi) is 6.37. The fraction of sp³-hybridized carbons (Fsp3) is 0.417. The molecule has 0 bridgehead atoms. The number of hydrogen-bond donors (Lipinski definition) is 2. The normalized spacial score (nSPS) is 20.2. The smallest absolute Gasteiger partial charge is 0.433 e. The van der Waals surface area contributed by atoms with E-state index in [2.05, 4.69) is 20.3 Å². The number of aromatic nitrogens is 3. The molecule has 1 aliphatic rings. The Balaban J connectivity index is 1.55. The van der Waals surface area contributed by atoms with Gasteiger partial charge in [0.1, 0.15) is 5.69 Å². The van der Waals surface area contributed by atoms with Crippen LogP contribution in [0.15, 0.2) is 36.7 Å². The minimum Gasteiger partial charge on any atom is -0.481 e. The second kappa shape index (κ2) is 8.98. The van der Waals surface area contributed by atoms with Crippen molar-refractivity contribution in [3.8, 4) is 10.4 Å². The molecule has 0 spiro atoms. The summed E-state index contributed by atoms with van der Waals surface area (Å²) >= 11 is 1.57.